The van der Waals surface area contributed by atoms with Gasteiger partial charge in [-0.3, -0.25) is 0 Å². The van der Waals surface area contributed by atoms with Gasteiger partial charge in [0, 0.05) is 5.25 Å². The summed E-state index contributed by atoms with van der Waals surface area (Å²) in [5, 5.41) is 0.207. The number of carbonyl (C=O) groups is 1. The van der Waals surface area contributed by atoms with E-state index < -0.39 is 0 Å². The Balaban J connectivity index is 1.18. The van der Waals surface area contributed by atoms with Gasteiger partial charge in [-0.2, -0.15) is 0 Å². The fourth-order valence-electron chi connectivity index (χ4n) is 9.23. The Morgan fingerprint density at radius 1 is 0.946 bits per heavy atom. The maximum atomic E-state index is 12.6. The van der Waals surface area contributed by atoms with Gasteiger partial charge < -0.3 is 4.74 Å². The molecule has 0 saturated heterocycles. The summed E-state index contributed by atoms with van der Waals surface area (Å²) in [7, 11) is 0. The summed E-state index contributed by atoms with van der Waals surface area (Å²) in [6.07, 6.45) is 23.2. The molecule has 0 radical (unpaired) electrons. The van der Waals surface area contributed by atoms with E-state index in [9.17, 15) is 4.79 Å². The molecule has 3 heteroatoms. The van der Waals surface area contributed by atoms with E-state index in [4.69, 9.17) is 4.74 Å². The molecule has 3 fully saturated rings. The fraction of sp³-hybridized carbons (Fsp3) is 0.735. The van der Waals surface area contributed by atoms with Gasteiger partial charge in [0.1, 0.15) is 5.75 Å². The van der Waals surface area contributed by atoms with Crippen LogP contribution in [0.4, 0.5) is 4.79 Å². The Morgan fingerprint density at radius 2 is 1.73 bits per heavy atom. The lowest BCUT2D eigenvalue weighted by molar-refractivity contribution is -0.0421. The van der Waals surface area contributed by atoms with E-state index in [0.717, 1.165) is 36.5 Å². The number of ether oxygens (including phenoxy) is 1. The molecule has 0 aromatic heterocycles. The lowest BCUT2D eigenvalue weighted by Gasteiger charge is -2.58. The van der Waals surface area contributed by atoms with E-state index in [1.165, 1.54) is 95.2 Å². The smallest absolute Gasteiger partial charge is 0.372 e. The van der Waals surface area contributed by atoms with E-state index in [1.807, 2.05) is 30.3 Å². The van der Waals surface area contributed by atoms with Crippen molar-refractivity contribution in [3.05, 3.63) is 42.0 Å². The SMILES string of the molecule is CCCCCCCCC1CCC2C3CC=C4CC(SC(=O)Oc5ccccc5)CCC4(C)C3CCC12C. The number of para-hydroxylation sites is 1. The monoisotopic (exact) mass is 522 g/mol. The van der Waals surface area contributed by atoms with Crippen molar-refractivity contribution in [1.29, 1.82) is 0 Å². The molecular weight excluding hydrogens is 472 g/mol. The molecule has 4 aliphatic rings. The number of thioether (sulfide) groups is 1. The van der Waals surface area contributed by atoms with Gasteiger partial charge in [0.05, 0.1) is 0 Å². The Bertz CT molecular complexity index is 940. The van der Waals surface area contributed by atoms with E-state index in [0.29, 0.717) is 21.8 Å². The molecule has 3 saturated carbocycles. The third-order valence-electron chi connectivity index (χ3n) is 11.4. The molecule has 5 rings (SSSR count). The number of fused-ring (bicyclic) bond motifs is 5. The predicted octanol–water partition coefficient (Wildman–Crippen LogP) is 10.6. The van der Waals surface area contributed by atoms with Crippen LogP contribution in [0.15, 0.2) is 42.0 Å². The first-order valence-electron chi connectivity index (χ1n) is 15.6. The second-order valence-corrected chi connectivity index (χ2v) is 14.5. The molecule has 204 valence electrons. The first-order chi connectivity index (χ1) is 17.9. The van der Waals surface area contributed by atoms with Gasteiger partial charge >= 0.3 is 5.30 Å². The molecule has 0 aliphatic heterocycles. The van der Waals surface area contributed by atoms with Crippen molar-refractivity contribution in [2.45, 2.75) is 122 Å². The third-order valence-corrected chi connectivity index (χ3v) is 12.4. The second-order valence-electron chi connectivity index (χ2n) is 13.3. The van der Waals surface area contributed by atoms with Crippen molar-refractivity contribution in [2.75, 3.05) is 0 Å². The molecule has 0 spiro atoms. The largest absolute Gasteiger partial charge is 0.418 e. The van der Waals surface area contributed by atoms with Crippen LogP contribution in [0.3, 0.4) is 0 Å². The van der Waals surface area contributed by atoms with E-state index in [1.54, 1.807) is 5.57 Å². The molecular formula is C34H50O2S. The lowest BCUT2D eigenvalue weighted by Crippen LogP contribution is -2.50. The van der Waals surface area contributed by atoms with Gasteiger partial charge in [0.25, 0.3) is 0 Å². The van der Waals surface area contributed by atoms with Gasteiger partial charge in [-0.15, -0.1) is 0 Å². The average Bonchev–Trinajstić information content (AvgIpc) is 3.23. The van der Waals surface area contributed by atoms with Gasteiger partial charge in [-0.1, -0.05) is 89.1 Å². The zero-order valence-electron chi connectivity index (χ0n) is 23.7. The normalized spacial score (nSPS) is 36.7. The molecule has 0 N–H and O–H groups in total. The van der Waals surface area contributed by atoms with Crippen LogP contribution in [0, 0.1) is 34.5 Å². The summed E-state index contributed by atoms with van der Waals surface area (Å²) in [6.45, 7) is 7.59. The number of hydrogen-bond acceptors (Lipinski definition) is 3. The molecule has 7 atom stereocenters. The summed E-state index contributed by atoms with van der Waals surface area (Å²) in [6, 6.07) is 9.50. The number of hydrogen-bond donors (Lipinski definition) is 0. The minimum Gasteiger partial charge on any atom is -0.418 e. The maximum absolute atomic E-state index is 12.6. The van der Waals surface area contributed by atoms with Gasteiger partial charge in [0.15, 0.2) is 0 Å². The number of rotatable bonds is 9. The number of allylic oxidation sites excluding steroid dienone is 2. The van der Waals surface area contributed by atoms with Crippen molar-refractivity contribution in [1.82, 2.24) is 0 Å². The van der Waals surface area contributed by atoms with Gasteiger partial charge in [-0.05, 0) is 116 Å². The summed E-state index contributed by atoms with van der Waals surface area (Å²) in [5.41, 5.74) is 2.60. The van der Waals surface area contributed by atoms with E-state index >= 15 is 0 Å². The number of unbranched alkanes of at least 4 members (excludes halogenated alkanes) is 5. The van der Waals surface area contributed by atoms with Crippen LogP contribution < -0.4 is 4.74 Å². The third kappa shape index (κ3) is 5.73. The quantitative estimate of drug-likeness (QED) is 0.183. The van der Waals surface area contributed by atoms with Crippen LogP contribution in [-0.2, 0) is 0 Å². The van der Waals surface area contributed by atoms with E-state index in [-0.39, 0.29) is 5.30 Å². The summed E-state index contributed by atoms with van der Waals surface area (Å²) in [4.78, 5) is 12.6. The van der Waals surface area contributed by atoms with Gasteiger partial charge in [0.2, 0.25) is 0 Å². The molecule has 37 heavy (non-hydrogen) atoms. The highest BCUT2D eigenvalue weighted by Crippen LogP contribution is 2.67. The summed E-state index contributed by atoms with van der Waals surface area (Å²) in [5.74, 6) is 4.27. The van der Waals surface area contributed by atoms with Crippen molar-refractivity contribution < 1.29 is 9.53 Å². The highest BCUT2D eigenvalue weighted by atomic mass is 32.2. The highest BCUT2D eigenvalue weighted by molar-refractivity contribution is 8.13. The topological polar surface area (TPSA) is 26.3 Å². The zero-order chi connectivity index (χ0) is 25.9. The first kappa shape index (κ1) is 27.4. The van der Waals surface area contributed by atoms with Crippen molar-refractivity contribution in [3.63, 3.8) is 0 Å². The zero-order valence-corrected chi connectivity index (χ0v) is 24.5. The molecule has 7 unspecified atom stereocenters. The van der Waals surface area contributed by atoms with Gasteiger partial charge in [-0.25, -0.2) is 4.79 Å². The average molecular weight is 523 g/mol. The summed E-state index contributed by atoms with van der Waals surface area (Å²) >= 11 is 1.43. The van der Waals surface area contributed by atoms with Crippen molar-refractivity contribution in [2.24, 2.45) is 34.5 Å². The van der Waals surface area contributed by atoms with Crippen LogP contribution in [0.25, 0.3) is 0 Å². The Labute approximate surface area is 230 Å². The molecule has 1 aromatic rings. The minimum atomic E-state index is -0.148. The fourth-order valence-corrected chi connectivity index (χ4v) is 10.1. The predicted molar refractivity (Wildman–Crippen MR) is 157 cm³/mol. The van der Waals surface area contributed by atoms with Crippen LogP contribution >= 0.6 is 11.8 Å². The van der Waals surface area contributed by atoms with Crippen LogP contribution in [0.5, 0.6) is 5.75 Å². The van der Waals surface area contributed by atoms with Crippen molar-refractivity contribution in [3.8, 4) is 5.75 Å². The molecule has 0 heterocycles. The number of carbonyl (C=O) groups excluding carboxylic acids is 1. The van der Waals surface area contributed by atoms with Crippen LogP contribution in [-0.4, -0.2) is 10.6 Å². The Hall–Kier alpha value is -1.22. The lowest BCUT2D eigenvalue weighted by atomic mass is 9.47. The van der Waals surface area contributed by atoms with Crippen LogP contribution in [0.2, 0.25) is 0 Å². The van der Waals surface area contributed by atoms with Crippen molar-refractivity contribution >= 4 is 17.1 Å². The maximum Gasteiger partial charge on any atom is 0.372 e. The Morgan fingerprint density at radius 3 is 2.54 bits per heavy atom. The van der Waals surface area contributed by atoms with Crippen LogP contribution in [0.1, 0.15) is 117 Å². The molecule has 1 aromatic carbocycles. The molecule has 0 amide bonds. The Kier molecular flexibility index (Phi) is 8.79. The molecule has 4 aliphatic carbocycles. The molecule has 0 bridgehead atoms. The van der Waals surface area contributed by atoms with E-state index in [2.05, 4.69) is 26.8 Å². The summed E-state index contributed by atoms with van der Waals surface area (Å²) < 4.78 is 5.59. The minimum absolute atomic E-state index is 0.148. The standard InChI is InChI=1S/C34H50O2S/c1-4-5-6-7-8-10-13-25-17-19-30-29-18-16-26-24-28(37-32(35)36-27-14-11-9-12-15-27)20-22-34(26,3)31(29)21-23-33(25,30)2/h9,11-12,14-16,25,28-31H,4-8,10,13,17-24H2,1-3H3. The highest BCUT2D eigenvalue weighted by Gasteiger charge is 2.58. The number of benzene rings is 1. The molecule has 2 nitrogen and oxygen atoms in total. The second kappa shape index (κ2) is 11.9. The first-order valence-corrected chi connectivity index (χ1v) is 16.4.